The number of carbonyl (C=O) groups excluding carboxylic acids is 1. The van der Waals surface area contributed by atoms with Crippen LogP contribution in [-0.2, 0) is 4.74 Å². The summed E-state index contributed by atoms with van der Waals surface area (Å²) in [5.41, 5.74) is 5.73. The van der Waals surface area contributed by atoms with Crippen LogP contribution in [0, 0.1) is 10.1 Å². The van der Waals surface area contributed by atoms with Crippen molar-refractivity contribution in [1.82, 2.24) is 4.90 Å². The average Bonchev–Trinajstić information content (AvgIpc) is 2.82. The number of rotatable bonds is 3. The summed E-state index contributed by atoms with van der Waals surface area (Å²) < 4.78 is 5.42. The summed E-state index contributed by atoms with van der Waals surface area (Å²) in [4.78, 5) is 24.4. The number of benzene rings is 1. The summed E-state index contributed by atoms with van der Waals surface area (Å²) in [5.74, 6) is -0.411. The van der Waals surface area contributed by atoms with Crippen molar-refractivity contribution in [3.63, 3.8) is 0 Å². The van der Waals surface area contributed by atoms with E-state index in [1.54, 1.807) is 7.05 Å². The molecule has 1 fully saturated rings. The molecular formula is C13H17N3O4. The molecule has 2 N–H and O–H groups in total. The smallest absolute Gasteiger partial charge is 0.282 e. The number of amides is 1. The van der Waals surface area contributed by atoms with Crippen molar-refractivity contribution in [3.8, 4) is 0 Å². The predicted molar refractivity (Wildman–Crippen MR) is 73.4 cm³/mol. The van der Waals surface area contributed by atoms with Crippen molar-refractivity contribution in [2.75, 3.05) is 19.4 Å². The Bertz CT molecular complexity index is 546. The van der Waals surface area contributed by atoms with Crippen LogP contribution in [0.1, 0.15) is 23.7 Å². The van der Waals surface area contributed by atoms with Crippen molar-refractivity contribution in [2.45, 2.75) is 25.5 Å². The third-order valence-corrected chi connectivity index (χ3v) is 3.60. The molecule has 0 bridgehead atoms. The first kappa shape index (κ1) is 14.3. The second-order valence-corrected chi connectivity index (χ2v) is 4.88. The highest BCUT2D eigenvalue weighted by molar-refractivity contribution is 5.99. The van der Waals surface area contributed by atoms with Crippen LogP contribution in [0.3, 0.4) is 0 Å². The molecule has 7 nitrogen and oxygen atoms in total. The van der Waals surface area contributed by atoms with Gasteiger partial charge >= 0.3 is 0 Å². The second kappa shape index (κ2) is 5.46. The van der Waals surface area contributed by atoms with Crippen LogP contribution in [0.25, 0.3) is 0 Å². The number of anilines is 1. The zero-order valence-electron chi connectivity index (χ0n) is 11.4. The minimum absolute atomic E-state index is 0.0107. The van der Waals surface area contributed by atoms with E-state index in [1.807, 2.05) is 6.92 Å². The normalized spacial score (nSPS) is 21.7. The number of nitrogens with two attached hydrogens (primary N) is 1. The van der Waals surface area contributed by atoms with Crippen molar-refractivity contribution in [1.29, 1.82) is 0 Å². The summed E-state index contributed by atoms with van der Waals surface area (Å²) in [6.45, 7) is 2.47. The lowest BCUT2D eigenvalue weighted by Crippen LogP contribution is -2.41. The number of hydrogen-bond donors (Lipinski definition) is 1. The molecule has 1 saturated heterocycles. The Kier molecular flexibility index (Phi) is 3.89. The van der Waals surface area contributed by atoms with Crippen molar-refractivity contribution >= 4 is 17.3 Å². The van der Waals surface area contributed by atoms with Gasteiger partial charge < -0.3 is 15.4 Å². The van der Waals surface area contributed by atoms with E-state index in [2.05, 4.69) is 0 Å². The number of nitrogen functional groups attached to an aromatic ring is 1. The van der Waals surface area contributed by atoms with E-state index in [9.17, 15) is 14.9 Å². The third kappa shape index (κ3) is 2.57. The average molecular weight is 279 g/mol. The van der Waals surface area contributed by atoms with E-state index < -0.39 is 10.8 Å². The van der Waals surface area contributed by atoms with Crippen LogP contribution >= 0.6 is 0 Å². The number of nitro benzene ring substituents is 1. The van der Waals surface area contributed by atoms with Gasteiger partial charge in [0.1, 0.15) is 5.56 Å². The van der Waals surface area contributed by atoms with E-state index in [1.165, 1.54) is 23.1 Å². The molecule has 1 aromatic rings. The summed E-state index contributed by atoms with van der Waals surface area (Å²) in [5, 5.41) is 11.0. The molecule has 1 aliphatic heterocycles. The quantitative estimate of drug-likeness (QED) is 0.512. The Hall–Kier alpha value is -2.15. The zero-order chi connectivity index (χ0) is 14.9. The molecule has 0 radical (unpaired) electrons. The van der Waals surface area contributed by atoms with Gasteiger partial charge in [0.05, 0.1) is 17.1 Å². The molecule has 0 saturated carbocycles. The maximum Gasteiger partial charge on any atom is 0.282 e. The Morgan fingerprint density at radius 3 is 2.80 bits per heavy atom. The maximum atomic E-state index is 12.5. The third-order valence-electron chi connectivity index (χ3n) is 3.60. The molecule has 2 unspecified atom stereocenters. The van der Waals surface area contributed by atoms with Crippen LogP contribution < -0.4 is 5.73 Å². The minimum Gasteiger partial charge on any atom is -0.399 e. The molecule has 2 rings (SSSR count). The van der Waals surface area contributed by atoms with Gasteiger partial charge in [-0.05, 0) is 25.5 Å². The lowest BCUT2D eigenvalue weighted by Gasteiger charge is -2.26. The van der Waals surface area contributed by atoms with Crippen molar-refractivity contribution in [3.05, 3.63) is 33.9 Å². The van der Waals surface area contributed by atoms with Crippen LogP contribution in [0.4, 0.5) is 11.4 Å². The van der Waals surface area contributed by atoms with Gasteiger partial charge in [-0.15, -0.1) is 0 Å². The van der Waals surface area contributed by atoms with Gasteiger partial charge in [-0.1, -0.05) is 0 Å². The first-order valence-electron chi connectivity index (χ1n) is 6.34. The fourth-order valence-corrected chi connectivity index (χ4v) is 2.45. The highest BCUT2D eigenvalue weighted by atomic mass is 16.6. The second-order valence-electron chi connectivity index (χ2n) is 4.88. The number of likely N-dealkylation sites (N-methyl/N-ethyl adjacent to an activating group) is 1. The standard InChI is InChI=1S/C13H17N3O4/c1-8-11(5-6-20-8)15(2)13(17)10-7-9(14)3-4-12(10)16(18)19/h3-4,7-8,11H,5-6,14H2,1-2H3. The van der Waals surface area contributed by atoms with Crippen LogP contribution in [0.15, 0.2) is 18.2 Å². The number of hydrogen-bond acceptors (Lipinski definition) is 5. The number of nitrogens with zero attached hydrogens (tertiary/aromatic N) is 2. The maximum absolute atomic E-state index is 12.5. The number of nitro groups is 1. The Morgan fingerprint density at radius 2 is 2.25 bits per heavy atom. The van der Waals surface area contributed by atoms with Crippen molar-refractivity contribution in [2.24, 2.45) is 0 Å². The molecule has 0 aliphatic carbocycles. The molecule has 1 amide bonds. The van der Waals surface area contributed by atoms with Gasteiger partial charge in [-0.3, -0.25) is 14.9 Å². The van der Waals surface area contributed by atoms with Gasteiger partial charge in [0, 0.05) is 25.4 Å². The zero-order valence-corrected chi connectivity index (χ0v) is 11.4. The summed E-state index contributed by atoms with van der Waals surface area (Å²) in [7, 11) is 1.63. The first-order valence-corrected chi connectivity index (χ1v) is 6.34. The van der Waals surface area contributed by atoms with Gasteiger partial charge in [0.2, 0.25) is 0 Å². The van der Waals surface area contributed by atoms with Gasteiger partial charge in [-0.2, -0.15) is 0 Å². The van der Waals surface area contributed by atoms with Crippen LogP contribution in [-0.4, -0.2) is 41.5 Å². The summed E-state index contributed by atoms with van der Waals surface area (Å²) >= 11 is 0. The molecular weight excluding hydrogens is 262 g/mol. The molecule has 0 spiro atoms. The van der Waals surface area contributed by atoms with Crippen LogP contribution in [0.5, 0.6) is 0 Å². The lowest BCUT2D eigenvalue weighted by molar-refractivity contribution is -0.385. The molecule has 1 heterocycles. The van der Waals surface area contributed by atoms with Gasteiger partial charge in [0.15, 0.2) is 0 Å². The first-order chi connectivity index (χ1) is 9.41. The van der Waals surface area contributed by atoms with Gasteiger partial charge in [-0.25, -0.2) is 0 Å². The highest BCUT2D eigenvalue weighted by Gasteiger charge is 2.33. The molecule has 1 aromatic carbocycles. The van der Waals surface area contributed by atoms with E-state index in [0.717, 1.165) is 6.42 Å². The molecule has 20 heavy (non-hydrogen) atoms. The van der Waals surface area contributed by atoms with Crippen LogP contribution in [0.2, 0.25) is 0 Å². The Balaban J connectivity index is 2.33. The summed E-state index contributed by atoms with van der Waals surface area (Å²) in [6, 6.07) is 3.93. The Morgan fingerprint density at radius 1 is 1.55 bits per heavy atom. The van der Waals surface area contributed by atoms with E-state index >= 15 is 0 Å². The molecule has 108 valence electrons. The van der Waals surface area contributed by atoms with E-state index in [-0.39, 0.29) is 23.4 Å². The highest BCUT2D eigenvalue weighted by Crippen LogP contribution is 2.26. The Labute approximate surface area is 116 Å². The fraction of sp³-hybridized carbons (Fsp3) is 0.462. The van der Waals surface area contributed by atoms with Crippen molar-refractivity contribution < 1.29 is 14.5 Å². The molecule has 7 heteroatoms. The predicted octanol–water partition coefficient (Wildman–Crippen LogP) is 1.43. The number of ether oxygens (including phenoxy) is 1. The van der Waals surface area contributed by atoms with E-state index in [0.29, 0.717) is 12.3 Å². The van der Waals surface area contributed by atoms with Gasteiger partial charge in [0.25, 0.3) is 11.6 Å². The minimum atomic E-state index is -0.574. The SMILES string of the molecule is CC1OCCC1N(C)C(=O)c1cc(N)ccc1[N+](=O)[O-]. The lowest BCUT2D eigenvalue weighted by atomic mass is 10.1. The molecule has 2 atom stereocenters. The topological polar surface area (TPSA) is 98.7 Å². The molecule has 1 aliphatic rings. The summed E-state index contributed by atoms with van der Waals surface area (Å²) in [6.07, 6.45) is 0.642. The largest absolute Gasteiger partial charge is 0.399 e. The molecule has 0 aromatic heterocycles. The van der Waals surface area contributed by atoms with E-state index in [4.69, 9.17) is 10.5 Å². The monoisotopic (exact) mass is 279 g/mol. The fourth-order valence-electron chi connectivity index (χ4n) is 2.45. The number of carbonyl (C=O) groups is 1.